The molecule has 3 rings (SSSR count). The molecule has 0 heterocycles. The van der Waals surface area contributed by atoms with Crippen LogP contribution in [0.25, 0.3) is 0 Å². The lowest BCUT2D eigenvalue weighted by Gasteiger charge is -2.21. The van der Waals surface area contributed by atoms with Crippen molar-refractivity contribution in [2.75, 3.05) is 5.32 Å². The van der Waals surface area contributed by atoms with E-state index in [0.29, 0.717) is 22.6 Å². The topological polar surface area (TPSA) is 129 Å². The lowest BCUT2D eigenvalue weighted by molar-refractivity contribution is -0.138. The summed E-state index contributed by atoms with van der Waals surface area (Å²) in [5.74, 6) is -0.483. The summed E-state index contributed by atoms with van der Waals surface area (Å²) >= 11 is 0. The molecule has 6 N–H and O–H groups in total. The highest BCUT2D eigenvalue weighted by atomic mass is 35.5. The molecule has 0 radical (unpaired) electrons. The van der Waals surface area contributed by atoms with Gasteiger partial charge in [-0.25, -0.2) is 4.79 Å². The number of halogens is 1. The van der Waals surface area contributed by atoms with E-state index in [9.17, 15) is 15.0 Å². The lowest BCUT2D eigenvalue weighted by atomic mass is 10.0. The second-order valence-corrected chi connectivity index (χ2v) is 7.33. The van der Waals surface area contributed by atoms with Gasteiger partial charge in [-0.1, -0.05) is 13.0 Å². The van der Waals surface area contributed by atoms with Crippen molar-refractivity contribution in [2.45, 2.75) is 50.9 Å². The molecular formula is C22H28ClN3O4. The molecule has 162 valence electrons. The maximum Gasteiger partial charge on any atom is 0.330 e. The number of carbonyl (C=O) groups is 1. The molecule has 2 aromatic rings. The predicted octanol–water partition coefficient (Wildman–Crippen LogP) is 3.48. The Morgan fingerprint density at radius 3 is 2.50 bits per heavy atom. The number of carboxylic acids is 1. The van der Waals surface area contributed by atoms with Crippen molar-refractivity contribution < 1.29 is 19.7 Å². The van der Waals surface area contributed by atoms with E-state index in [0.717, 1.165) is 31.2 Å². The van der Waals surface area contributed by atoms with Crippen molar-refractivity contribution in [3.63, 3.8) is 0 Å². The Kier molecular flexibility index (Phi) is 8.08. The number of aliphatic hydroxyl groups is 1. The Balaban J connectivity index is 0.00000320. The highest BCUT2D eigenvalue weighted by Gasteiger charge is 2.28. The maximum absolute atomic E-state index is 12.0. The van der Waals surface area contributed by atoms with Crippen molar-refractivity contribution in [1.29, 1.82) is 5.41 Å². The fraction of sp³-hybridized carbons (Fsp3) is 0.364. The zero-order chi connectivity index (χ0) is 21.0. The Labute approximate surface area is 182 Å². The molecule has 0 spiro atoms. The van der Waals surface area contributed by atoms with Crippen LogP contribution < -0.4 is 15.8 Å². The van der Waals surface area contributed by atoms with E-state index in [-0.39, 0.29) is 24.3 Å². The molecule has 1 fully saturated rings. The van der Waals surface area contributed by atoms with Crippen LogP contribution in [0, 0.1) is 5.41 Å². The van der Waals surface area contributed by atoms with E-state index in [1.807, 2.05) is 19.1 Å². The first kappa shape index (κ1) is 23.5. The van der Waals surface area contributed by atoms with Crippen LogP contribution in [-0.2, 0) is 11.2 Å². The number of nitrogens with two attached hydrogens (primary N) is 1. The summed E-state index contributed by atoms with van der Waals surface area (Å²) in [5.41, 5.74) is 8.19. The van der Waals surface area contributed by atoms with Gasteiger partial charge in [-0.3, -0.25) is 5.41 Å². The van der Waals surface area contributed by atoms with Crippen LogP contribution in [0.3, 0.4) is 0 Å². The van der Waals surface area contributed by atoms with Gasteiger partial charge in [-0.15, -0.1) is 12.4 Å². The second kappa shape index (κ2) is 10.3. The summed E-state index contributed by atoms with van der Waals surface area (Å²) in [6.45, 7) is 2.00. The van der Waals surface area contributed by atoms with Gasteiger partial charge in [0.05, 0.1) is 6.10 Å². The molecule has 1 saturated carbocycles. The second-order valence-electron chi connectivity index (χ2n) is 7.33. The third kappa shape index (κ3) is 5.64. The monoisotopic (exact) mass is 433 g/mol. The van der Waals surface area contributed by atoms with E-state index < -0.39 is 18.1 Å². The molecule has 3 unspecified atom stereocenters. The highest BCUT2D eigenvalue weighted by molar-refractivity contribution is 5.95. The molecule has 2 aromatic carbocycles. The first-order chi connectivity index (χ1) is 13.9. The molecule has 8 heteroatoms. The fourth-order valence-corrected chi connectivity index (χ4v) is 3.54. The minimum atomic E-state index is -1.01. The standard InChI is InChI=1S/C22H27N3O4.ClH/c1-2-13-10-15(12-17(11-13)29-19-5-3-4-18(19)26)20(22(27)28)25-16-8-6-14(7-9-16)21(23)24;/h6-12,18-20,25-26H,2-5H2,1H3,(H3,23,24)(H,27,28);1H. The van der Waals surface area contributed by atoms with Crippen LogP contribution in [0.4, 0.5) is 5.69 Å². The van der Waals surface area contributed by atoms with Crippen LogP contribution in [0.1, 0.15) is 48.9 Å². The van der Waals surface area contributed by atoms with Gasteiger partial charge in [0.25, 0.3) is 0 Å². The summed E-state index contributed by atoms with van der Waals surface area (Å²) in [4.78, 5) is 12.0. The summed E-state index contributed by atoms with van der Waals surface area (Å²) in [7, 11) is 0. The number of ether oxygens (including phenoxy) is 1. The number of nitrogen functional groups attached to an aromatic ring is 1. The zero-order valence-electron chi connectivity index (χ0n) is 16.8. The SMILES string of the molecule is CCc1cc(OC2CCCC2O)cc(C(Nc2ccc(C(=N)N)cc2)C(=O)O)c1.Cl. The van der Waals surface area contributed by atoms with Gasteiger partial charge in [0, 0.05) is 11.3 Å². The van der Waals surface area contributed by atoms with Gasteiger partial charge in [0.1, 0.15) is 17.7 Å². The van der Waals surface area contributed by atoms with Crippen molar-refractivity contribution in [1.82, 2.24) is 0 Å². The minimum Gasteiger partial charge on any atom is -0.488 e. The van der Waals surface area contributed by atoms with Crippen molar-refractivity contribution >= 4 is 29.9 Å². The van der Waals surface area contributed by atoms with Crippen molar-refractivity contribution in [3.05, 3.63) is 59.2 Å². The molecule has 7 nitrogen and oxygen atoms in total. The normalized spacial score (nSPS) is 18.9. The number of rotatable bonds is 8. The first-order valence-corrected chi connectivity index (χ1v) is 9.79. The number of aliphatic carboxylic acids is 1. The smallest absolute Gasteiger partial charge is 0.330 e. The summed E-state index contributed by atoms with van der Waals surface area (Å²) in [5, 5.41) is 30.3. The predicted molar refractivity (Wildman–Crippen MR) is 119 cm³/mol. The average molecular weight is 434 g/mol. The van der Waals surface area contributed by atoms with Gasteiger partial charge in [-0.2, -0.15) is 0 Å². The number of carboxylic acid groups (broad SMARTS) is 1. The quantitative estimate of drug-likeness (QED) is 0.320. The van der Waals surface area contributed by atoms with Crippen LogP contribution in [0.5, 0.6) is 5.75 Å². The zero-order valence-corrected chi connectivity index (χ0v) is 17.6. The summed E-state index contributed by atoms with van der Waals surface area (Å²) in [6.07, 6.45) is 2.41. The van der Waals surface area contributed by atoms with Gasteiger partial charge < -0.3 is 26.0 Å². The highest BCUT2D eigenvalue weighted by Crippen LogP contribution is 2.30. The molecule has 3 atom stereocenters. The third-order valence-electron chi connectivity index (χ3n) is 5.19. The summed E-state index contributed by atoms with van der Waals surface area (Å²) < 4.78 is 5.98. The Bertz CT molecular complexity index is 888. The third-order valence-corrected chi connectivity index (χ3v) is 5.19. The van der Waals surface area contributed by atoms with E-state index in [2.05, 4.69) is 5.32 Å². The number of anilines is 1. The Morgan fingerprint density at radius 2 is 1.97 bits per heavy atom. The van der Waals surface area contributed by atoms with E-state index >= 15 is 0 Å². The first-order valence-electron chi connectivity index (χ1n) is 9.79. The molecule has 1 aliphatic carbocycles. The molecule has 0 aliphatic heterocycles. The van der Waals surface area contributed by atoms with Crippen LogP contribution in [0.15, 0.2) is 42.5 Å². The molecule has 0 amide bonds. The average Bonchev–Trinajstić information content (AvgIpc) is 3.10. The van der Waals surface area contributed by atoms with Gasteiger partial charge in [0.2, 0.25) is 0 Å². The van der Waals surface area contributed by atoms with Crippen LogP contribution >= 0.6 is 12.4 Å². The van der Waals surface area contributed by atoms with Crippen molar-refractivity contribution in [3.8, 4) is 5.75 Å². The van der Waals surface area contributed by atoms with Gasteiger partial charge in [0.15, 0.2) is 6.04 Å². The molecular weight excluding hydrogens is 406 g/mol. The van der Waals surface area contributed by atoms with Gasteiger partial charge >= 0.3 is 5.97 Å². The van der Waals surface area contributed by atoms with Crippen molar-refractivity contribution in [2.24, 2.45) is 5.73 Å². The fourth-order valence-electron chi connectivity index (χ4n) is 3.54. The Hall–Kier alpha value is -2.77. The number of hydrogen-bond acceptors (Lipinski definition) is 5. The van der Waals surface area contributed by atoms with Crippen LogP contribution in [0.2, 0.25) is 0 Å². The van der Waals surface area contributed by atoms with Gasteiger partial charge in [-0.05, 0) is 73.2 Å². The molecule has 0 bridgehead atoms. The Morgan fingerprint density at radius 1 is 1.27 bits per heavy atom. The van der Waals surface area contributed by atoms with E-state index in [1.54, 1.807) is 30.3 Å². The molecule has 1 aliphatic rings. The maximum atomic E-state index is 12.0. The molecule has 0 aromatic heterocycles. The number of nitrogens with one attached hydrogen (secondary N) is 2. The van der Waals surface area contributed by atoms with E-state index in [4.69, 9.17) is 15.9 Å². The number of amidine groups is 1. The number of aryl methyl sites for hydroxylation is 1. The largest absolute Gasteiger partial charge is 0.488 e. The number of hydrogen-bond donors (Lipinski definition) is 5. The number of benzene rings is 2. The number of aliphatic hydroxyl groups excluding tert-OH is 1. The van der Waals surface area contributed by atoms with Crippen LogP contribution in [-0.4, -0.2) is 34.2 Å². The molecule has 0 saturated heterocycles. The van der Waals surface area contributed by atoms with E-state index in [1.165, 1.54) is 0 Å². The summed E-state index contributed by atoms with van der Waals surface area (Å²) in [6, 6.07) is 11.2. The lowest BCUT2D eigenvalue weighted by Crippen LogP contribution is -2.26. The molecule has 30 heavy (non-hydrogen) atoms. The minimum absolute atomic E-state index is 0.